The first-order valence-electron chi connectivity index (χ1n) is 13.2. The van der Waals surface area contributed by atoms with E-state index in [1.807, 2.05) is 34.6 Å². The lowest BCUT2D eigenvalue weighted by Gasteiger charge is -2.10. The summed E-state index contributed by atoms with van der Waals surface area (Å²) in [6.45, 7) is 14.8. The molecule has 0 radical (unpaired) electrons. The van der Waals surface area contributed by atoms with Crippen LogP contribution in [-0.2, 0) is 30.1 Å². The molecule has 3 heterocycles. The Hall–Kier alpha value is -2.79. The van der Waals surface area contributed by atoms with Crippen LogP contribution in [0.15, 0.2) is 0 Å². The Bertz CT molecular complexity index is 1230. The fraction of sp³-hybridized carbons (Fsp3) is 0.760. The number of hydrogen-bond donors (Lipinski definition) is 0. The Kier molecular flexibility index (Phi) is 7.24. The predicted molar refractivity (Wildman–Crippen MR) is 132 cm³/mol. The van der Waals surface area contributed by atoms with E-state index in [1.165, 1.54) is 0 Å². The van der Waals surface area contributed by atoms with E-state index >= 15 is 0 Å². The van der Waals surface area contributed by atoms with Crippen molar-refractivity contribution < 1.29 is 13.2 Å². The standard InChI is InChI=1S/C9H14FN3.2C8H12FN3/c1-6(2)13-8(9(10)4-5-9)11-7(3)12-13;1-3-12-6(2)10-7(11-12)8(9)4-5-8;1-3-12-7(8(9)4-5-8)10-6(2)11-12/h6H,4-5H2,1-3H3;2*3-5H2,1-2H3. The third kappa shape index (κ3) is 5.87. The minimum absolute atomic E-state index is 0.185. The summed E-state index contributed by atoms with van der Waals surface area (Å²) in [4.78, 5) is 12.3. The quantitative estimate of drug-likeness (QED) is 0.440. The van der Waals surface area contributed by atoms with E-state index in [0.717, 1.165) is 12.4 Å². The van der Waals surface area contributed by atoms with Crippen molar-refractivity contribution in [3.63, 3.8) is 0 Å². The number of halogens is 3. The van der Waals surface area contributed by atoms with Gasteiger partial charge in [-0.15, -0.1) is 0 Å². The van der Waals surface area contributed by atoms with Crippen LogP contribution >= 0.6 is 0 Å². The maximum absolute atomic E-state index is 13.7. The number of hydrogen-bond acceptors (Lipinski definition) is 6. The summed E-state index contributed by atoms with van der Waals surface area (Å²) >= 11 is 0. The van der Waals surface area contributed by atoms with E-state index in [0.29, 0.717) is 74.2 Å². The molecule has 3 aliphatic carbocycles. The maximum atomic E-state index is 13.7. The fourth-order valence-corrected chi connectivity index (χ4v) is 4.01. The van der Waals surface area contributed by atoms with E-state index in [-0.39, 0.29) is 6.04 Å². The largest absolute Gasteiger partial charge is 0.250 e. The molecule has 3 aromatic heterocycles. The minimum Gasteiger partial charge on any atom is -0.250 e. The Morgan fingerprint density at radius 1 is 0.676 bits per heavy atom. The first-order valence-corrected chi connectivity index (χ1v) is 13.2. The van der Waals surface area contributed by atoms with Crippen LogP contribution in [0.25, 0.3) is 0 Å². The van der Waals surface area contributed by atoms with Crippen LogP contribution < -0.4 is 0 Å². The van der Waals surface area contributed by atoms with Gasteiger partial charge in [-0.3, -0.25) is 4.68 Å². The van der Waals surface area contributed by atoms with Crippen LogP contribution in [0, 0.1) is 20.8 Å². The van der Waals surface area contributed by atoms with Gasteiger partial charge in [-0.2, -0.15) is 15.3 Å². The molecule has 0 atom stereocenters. The highest BCUT2D eigenvalue weighted by Crippen LogP contribution is 2.50. The van der Waals surface area contributed by atoms with Gasteiger partial charge in [-0.1, -0.05) is 0 Å². The molecule has 0 spiro atoms. The van der Waals surface area contributed by atoms with Crippen molar-refractivity contribution in [1.29, 1.82) is 0 Å². The van der Waals surface area contributed by atoms with Crippen LogP contribution in [0.5, 0.6) is 0 Å². The third-order valence-corrected chi connectivity index (χ3v) is 6.73. The molecule has 3 fully saturated rings. The van der Waals surface area contributed by atoms with E-state index in [1.54, 1.807) is 27.9 Å². The van der Waals surface area contributed by atoms with E-state index in [2.05, 4.69) is 30.2 Å². The number of aryl methyl sites for hydroxylation is 5. The Morgan fingerprint density at radius 2 is 1.16 bits per heavy atom. The van der Waals surface area contributed by atoms with Gasteiger partial charge in [-0.05, 0) is 87.0 Å². The lowest BCUT2D eigenvalue weighted by Crippen LogP contribution is -2.13. The van der Waals surface area contributed by atoms with Gasteiger partial charge < -0.3 is 0 Å². The van der Waals surface area contributed by atoms with Crippen molar-refractivity contribution in [3.05, 3.63) is 34.9 Å². The first kappa shape index (κ1) is 27.3. The van der Waals surface area contributed by atoms with Crippen LogP contribution in [0.3, 0.4) is 0 Å². The van der Waals surface area contributed by atoms with Crippen molar-refractivity contribution in [2.24, 2.45) is 0 Å². The van der Waals surface area contributed by atoms with Gasteiger partial charge in [0.25, 0.3) is 0 Å². The van der Waals surface area contributed by atoms with Crippen molar-refractivity contribution in [1.82, 2.24) is 44.3 Å². The van der Waals surface area contributed by atoms with Gasteiger partial charge in [0.1, 0.15) is 17.5 Å². The summed E-state index contributed by atoms with van der Waals surface area (Å²) in [5.41, 5.74) is -3.52. The van der Waals surface area contributed by atoms with Crippen molar-refractivity contribution in [2.75, 3.05) is 0 Å². The van der Waals surface area contributed by atoms with Gasteiger partial charge in [0, 0.05) is 19.1 Å². The Morgan fingerprint density at radius 3 is 1.62 bits per heavy atom. The minimum atomic E-state index is -1.19. The van der Waals surface area contributed by atoms with Crippen LogP contribution in [-0.4, -0.2) is 44.3 Å². The highest BCUT2D eigenvalue weighted by Gasteiger charge is 2.50. The van der Waals surface area contributed by atoms with Gasteiger partial charge in [0.05, 0.1) is 0 Å². The Balaban J connectivity index is 0.000000130. The summed E-state index contributed by atoms with van der Waals surface area (Å²) in [5.74, 6) is 3.53. The van der Waals surface area contributed by atoms with Crippen LogP contribution in [0.2, 0.25) is 0 Å². The lowest BCUT2D eigenvalue weighted by molar-refractivity contribution is 0.279. The number of aromatic nitrogens is 9. The molecule has 0 N–H and O–H groups in total. The molecule has 9 nitrogen and oxygen atoms in total. The zero-order chi connectivity index (χ0) is 27.2. The molecule has 0 aliphatic heterocycles. The summed E-state index contributed by atoms with van der Waals surface area (Å²) in [5, 5.41) is 12.4. The average molecular weight is 522 g/mol. The summed E-state index contributed by atoms with van der Waals surface area (Å²) in [6, 6.07) is 0.185. The van der Waals surface area contributed by atoms with Gasteiger partial charge in [-0.25, -0.2) is 37.5 Å². The summed E-state index contributed by atoms with van der Waals surface area (Å²) in [6.07, 6.45) is 3.56. The molecule has 37 heavy (non-hydrogen) atoms. The molecule has 12 heteroatoms. The van der Waals surface area contributed by atoms with Gasteiger partial charge >= 0.3 is 0 Å². The van der Waals surface area contributed by atoms with Crippen LogP contribution in [0.1, 0.15) is 107 Å². The smallest absolute Gasteiger partial charge is 0.188 e. The molecule has 3 aliphatic rings. The second-order valence-corrected chi connectivity index (χ2v) is 10.5. The predicted octanol–water partition coefficient (Wildman–Crippen LogP) is 5.26. The second kappa shape index (κ2) is 9.83. The molecule has 3 saturated carbocycles. The molecular weight excluding hydrogens is 483 g/mol. The van der Waals surface area contributed by atoms with Crippen molar-refractivity contribution in [3.8, 4) is 0 Å². The second-order valence-electron chi connectivity index (χ2n) is 10.5. The zero-order valence-electron chi connectivity index (χ0n) is 22.9. The first-order chi connectivity index (χ1) is 17.3. The summed E-state index contributed by atoms with van der Waals surface area (Å²) in [7, 11) is 0. The molecule has 0 unspecified atom stereocenters. The highest BCUT2D eigenvalue weighted by molar-refractivity contribution is 5.14. The third-order valence-electron chi connectivity index (χ3n) is 6.73. The molecule has 0 aromatic carbocycles. The van der Waals surface area contributed by atoms with Gasteiger partial charge in [0.2, 0.25) is 0 Å². The Labute approximate surface area is 215 Å². The van der Waals surface area contributed by atoms with E-state index in [9.17, 15) is 13.2 Å². The van der Waals surface area contributed by atoms with Crippen molar-refractivity contribution >= 4 is 0 Å². The van der Waals surface area contributed by atoms with E-state index < -0.39 is 17.0 Å². The maximum Gasteiger partial charge on any atom is 0.188 e. The molecular formula is C25H38F3N9. The SMILES string of the molecule is CCn1nc(C)nc1C1(F)CC1.CCn1nc(C2(F)CC2)nc1C.Cc1nc(C2(F)CC2)n(C(C)C)n1. The molecule has 6 rings (SSSR count). The lowest BCUT2D eigenvalue weighted by atomic mass is 10.3. The van der Waals surface area contributed by atoms with Crippen LogP contribution in [0.4, 0.5) is 13.2 Å². The number of nitrogens with zero attached hydrogens (tertiary/aromatic N) is 9. The van der Waals surface area contributed by atoms with Gasteiger partial charge in [0.15, 0.2) is 34.5 Å². The molecule has 0 saturated heterocycles. The molecule has 0 bridgehead atoms. The molecule has 204 valence electrons. The monoisotopic (exact) mass is 521 g/mol. The zero-order valence-corrected chi connectivity index (χ0v) is 22.9. The molecule has 3 aromatic rings. The normalized spacial score (nSPS) is 19.5. The fourth-order valence-electron chi connectivity index (χ4n) is 4.01. The number of rotatable bonds is 6. The average Bonchev–Trinajstić information content (AvgIpc) is 3.79. The highest BCUT2D eigenvalue weighted by atomic mass is 19.2. The molecule has 0 amide bonds. The summed E-state index contributed by atoms with van der Waals surface area (Å²) < 4.78 is 45.8. The van der Waals surface area contributed by atoms with E-state index in [4.69, 9.17) is 0 Å². The number of alkyl halides is 3. The topological polar surface area (TPSA) is 92.1 Å². The van der Waals surface area contributed by atoms with Crippen molar-refractivity contribution in [2.45, 2.75) is 123 Å².